The van der Waals surface area contributed by atoms with Crippen LogP contribution in [0.3, 0.4) is 0 Å². The second kappa shape index (κ2) is 6.07. The van der Waals surface area contributed by atoms with Crippen LogP contribution in [0.2, 0.25) is 0 Å². The molecule has 20 heavy (non-hydrogen) atoms. The molecule has 0 radical (unpaired) electrons. The fourth-order valence-electron chi connectivity index (χ4n) is 1.96. The minimum atomic E-state index is -3.99. The van der Waals surface area contributed by atoms with Gasteiger partial charge in [0.2, 0.25) is 5.91 Å². The first-order chi connectivity index (χ1) is 9.36. The van der Waals surface area contributed by atoms with Crippen LogP contribution in [0.25, 0.3) is 0 Å². The lowest BCUT2D eigenvalue weighted by Gasteiger charge is -2.10. The van der Waals surface area contributed by atoms with Crippen molar-refractivity contribution >= 4 is 31.3 Å². The van der Waals surface area contributed by atoms with E-state index in [1.54, 1.807) is 0 Å². The maximum absolute atomic E-state index is 13.7. The van der Waals surface area contributed by atoms with Crippen LogP contribution in [0, 0.1) is 5.82 Å². The van der Waals surface area contributed by atoms with Gasteiger partial charge in [-0.15, -0.1) is 0 Å². The van der Waals surface area contributed by atoms with Crippen LogP contribution in [0.1, 0.15) is 19.3 Å². The first kappa shape index (κ1) is 15.2. The van der Waals surface area contributed by atoms with Crippen LogP contribution in [0.15, 0.2) is 23.1 Å². The predicted molar refractivity (Wildman–Crippen MR) is 71.7 cm³/mol. The van der Waals surface area contributed by atoms with Gasteiger partial charge in [0.15, 0.2) is 0 Å². The average Bonchev–Trinajstić information content (AvgIpc) is 2.83. The summed E-state index contributed by atoms with van der Waals surface area (Å²) in [6.45, 7) is 0.634. The second-order valence-electron chi connectivity index (χ2n) is 4.47. The number of amides is 1. The van der Waals surface area contributed by atoms with E-state index in [-0.39, 0.29) is 29.0 Å². The van der Waals surface area contributed by atoms with Gasteiger partial charge in [-0.3, -0.25) is 4.79 Å². The standard InChI is InChI=1S/C12H13ClFNO4S/c13-20(17,18)9-3-4-11(10(14)7-9)15-12(16)6-8-2-1-5-19-8/h3-4,7-8H,1-2,5-6H2,(H,15,16). The molecule has 1 aliphatic heterocycles. The SMILES string of the molecule is O=C(CC1CCCO1)Nc1ccc(S(=O)(=O)Cl)cc1F. The molecule has 1 atom stereocenters. The number of rotatable bonds is 4. The molecule has 1 N–H and O–H groups in total. The smallest absolute Gasteiger partial charge is 0.261 e. The van der Waals surface area contributed by atoms with Gasteiger partial charge >= 0.3 is 0 Å². The number of ether oxygens (including phenoxy) is 1. The lowest BCUT2D eigenvalue weighted by molar-refractivity contribution is -0.118. The van der Waals surface area contributed by atoms with E-state index in [9.17, 15) is 17.6 Å². The molecule has 1 aliphatic rings. The Labute approximate surface area is 120 Å². The van der Waals surface area contributed by atoms with Crippen LogP contribution >= 0.6 is 10.7 Å². The zero-order chi connectivity index (χ0) is 14.8. The maximum Gasteiger partial charge on any atom is 0.261 e. The Morgan fingerprint density at radius 2 is 2.25 bits per heavy atom. The van der Waals surface area contributed by atoms with Crippen molar-refractivity contribution < 1.29 is 22.3 Å². The zero-order valence-electron chi connectivity index (χ0n) is 10.4. The Balaban J connectivity index is 2.04. The third-order valence-electron chi connectivity index (χ3n) is 2.93. The number of nitrogens with one attached hydrogen (secondary N) is 1. The highest BCUT2D eigenvalue weighted by molar-refractivity contribution is 8.13. The van der Waals surface area contributed by atoms with Crippen molar-refractivity contribution in [2.45, 2.75) is 30.3 Å². The topological polar surface area (TPSA) is 72.5 Å². The average molecular weight is 322 g/mol. The minimum Gasteiger partial charge on any atom is -0.378 e. The molecule has 1 unspecified atom stereocenters. The number of benzene rings is 1. The number of hydrogen-bond acceptors (Lipinski definition) is 4. The van der Waals surface area contributed by atoms with Crippen LogP contribution in [-0.4, -0.2) is 27.0 Å². The molecule has 0 bridgehead atoms. The van der Waals surface area contributed by atoms with Gasteiger partial charge in [-0.2, -0.15) is 0 Å². The molecular formula is C12H13ClFNO4S. The third-order valence-corrected chi connectivity index (χ3v) is 4.28. The molecule has 0 spiro atoms. The van der Waals surface area contributed by atoms with E-state index >= 15 is 0 Å². The molecule has 1 amide bonds. The van der Waals surface area contributed by atoms with Crippen molar-refractivity contribution in [3.8, 4) is 0 Å². The van der Waals surface area contributed by atoms with E-state index in [4.69, 9.17) is 15.4 Å². The summed E-state index contributed by atoms with van der Waals surface area (Å²) in [7, 11) is 1.11. The largest absolute Gasteiger partial charge is 0.378 e. The van der Waals surface area contributed by atoms with Crippen molar-refractivity contribution in [2.75, 3.05) is 11.9 Å². The fraction of sp³-hybridized carbons (Fsp3) is 0.417. The van der Waals surface area contributed by atoms with Gasteiger partial charge < -0.3 is 10.1 Å². The quantitative estimate of drug-likeness (QED) is 0.863. The van der Waals surface area contributed by atoms with Crippen LogP contribution in [0.5, 0.6) is 0 Å². The number of carbonyl (C=O) groups excluding carboxylic acids is 1. The van der Waals surface area contributed by atoms with Crippen molar-refractivity contribution in [3.63, 3.8) is 0 Å². The lowest BCUT2D eigenvalue weighted by atomic mass is 10.1. The summed E-state index contributed by atoms with van der Waals surface area (Å²) in [5.74, 6) is -1.23. The van der Waals surface area contributed by atoms with Gasteiger partial charge in [0.05, 0.1) is 23.1 Å². The predicted octanol–water partition coefficient (Wildman–Crippen LogP) is 2.26. The first-order valence-corrected chi connectivity index (χ1v) is 8.33. The summed E-state index contributed by atoms with van der Waals surface area (Å²) in [6, 6.07) is 3.06. The molecule has 1 aromatic rings. The van der Waals surface area contributed by atoms with Crippen molar-refractivity contribution in [1.29, 1.82) is 0 Å². The van der Waals surface area contributed by atoms with Gasteiger partial charge in [-0.05, 0) is 31.0 Å². The van der Waals surface area contributed by atoms with E-state index in [1.807, 2.05) is 0 Å². The van der Waals surface area contributed by atoms with Crippen LogP contribution in [0.4, 0.5) is 10.1 Å². The number of anilines is 1. The van der Waals surface area contributed by atoms with Crippen molar-refractivity contribution in [2.24, 2.45) is 0 Å². The molecule has 110 valence electrons. The second-order valence-corrected chi connectivity index (χ2v) is 7.03. The molecule has 0 aromatic heterocycles. The number of carbonyl (C=O) groups is 1. The minimum absolute atomic E-state index is 0.0861. The fourth-order valence-corrected chi connectivity index (χ4v) is 2.72. The van der Waals surface area contributed by atoms with Crippen molar-refractivity contribution in [3.05, 3.63) is 24.0 Å². The summed E-state index contributed by atoms with van der Waals surface area (Å²) in [5.41, 5.74) is -0.0861. The molecular weight excluding hydrogens is 309 g/mol. The zero-order valence-corrected chi connectivity index (χ0v) is 12.0. The third kappa shape index (κ3) is 3.91. The normalized spacial score (nSPS) is 19.0. The Hall–Kier alpha value is -1.18. The summed E-state index contributed by atoms with van der Waals surface area (Å²) in [4.78, 5) is 11.3. The van der Waals surface area contributed by atoms with E-state index < -0.39 is 14.9 Å². The van der Waals surface area contributed by atoms with E-state index in [0.29, 0.717) is 6.61 Å². The highest BCUT2D eigenvalue weighted by Crippen LogP contribution is 2.22. The molecule has 0 aliphatic carbocycles. The molecule has 8 heteroatoms. The van der Waals surface area contributed by atoms with E-state index in [0.717, 1.165) is 31.0 Å². The lowest BCUT2D eigenvalue weighted by Crippen LogP contribution is -2.19. The Morgan fingerprint density at radius 1 is 1.50 bits per heavy atom. The van der Waals surface area contributed by atoms with Gasteiger partial charge in [0.1, 0.15) is 5.82 Å². The number of halogens is 2. The van der Waals surface area contributed by atoms with E-state index in [2.05, 4.69) is 5.32 Å². The van der Waals surface area contributed by atoms with Crippen LogP contribution < -0.4 is 5.32 Å². The molecule has 1 saturated heterocycles. The Bertz CT molecular complexity index is 614. The summed E-state index contributed by atoms with van der Waals surface area (Å²) in [5, 5.41) is 2.38. The molecule has 1 fully saturated rings. The molecule has 1 aromatic carbocycles. The van der Waals surface area contributed by atoms with Gasteiger partial charge in [0.25, 0.3) is 9.05 Å². The summed E-state index contributed by atoms with van der Waals surface area (Å²) < 4.78 is 41.1. The Kier molecular flexibility index (Phi) is 4.62. The highest BCUT2D eigenvalue weighted by Gasteiger charge is 2.20. The van der Waals surface area contributed by atoms with Gasteiger partial charge in [0, 0.05) is 17.3 Å². The van der Waals surface area contributed by atoms with Crippen LogP contribution in [-0.2, 0) is 18.6 Å². The Morgan fingerprint density at radius 3 is 2.80 bits per heavy atom. The van der Waals surface area contributed by atoms with E-state index in [1.165, 1.54) is 0 Å². The number of hydrogen-bond donors (Lipinski definition) is 1. The highest BCUT2D eigenvalue weighted by atomic mass is 35.7. The first-order valence-electron chi connectivity index (χ1n) is 6.02. The maximum atomic E-state index is 13.7. The molecule has 1 heterocycles. The molecule has 2 rings (SSSR count). The van der Waals surface area contributed by atoms with Gasteiger partial charge in [-0.1, -0.05) is 0 Å². The molecule has 0 saturated carbocycles. The van der Waals surface area contributed by atoms with Crippen molar-refractivity contribution in [1.82, 2.24) is 0 Å². The monoisotopic (exact) mass is 321 g/mol. The van der Waals surface area contributed by atoms with Gasteiger partial charge in [-0.25, -0.2) is 12.8 Å². The summed E-state index contributed by atoms with van der Waals surface area (Å²) >= 11 is 0. The summed E-state index contributed by atoms with van der Waals surface area (Å²) in [6.07, 6.45) is 1.73. The molecule has 5 nitrogen and oxygen atoms in total.